The van der Waals surface area contributed by atoms with E-state index in [9.17, 15) is 8.42 Å². The Morgan fingerprint density at radius 1 is 0.958 bits per heavy atom. The van der Waals surface area contributed by atoms with Gasteiger partial charge in [0.2, 0.25) is 0 Å². The lowest BCUT2D eigenvalue weighted by atomic mass is 10.3. The predicted molar refractivity (Wildman–Crippen MR) is 96.4 cm³/mol. The van der Waals surface area contributed by atoms with Crippen molar-refractivity contribution in [2.75, 3.05) is 41.7 Å². The molecule has 0 spiro atoms. The molecule has 1 aromatic heterocycles. The van der Waals surface area contributed by atoms with E-state index in [2.05, 4.69) is 9.80 Å². The molecule has 128 valence electrons. The average molecular weight is 346 g/mol. The van der Waals surface area contributed by atoms with Crippen LogP contribution in [0.15, 0.2) is 24.3 Å². The second-order valence-electron chi connectivity index (χ2n) is 6.68. The highest BCUT2D eigenvalue weighted by atomic mass is 32.2. The molecule has 2 saturated heterocycles. The van der Waals surface area contributed by atoms with Gasteiger partial charge in [-0.25, -0.2) is 18.4 Å². The first-order valence-electron chi connectivity index (χ1n) is 8.53. The Morgan fingerprint density at radius 3 is 2.12 bits per heavy atom. The Hall–Kier alpha value is -1.89. The van der Waals surface area contributed by atoms with Crippen LogP contribution in [-0.2, 0) is 9.84 Å². The van der Waals surface area contributed by atoms with Crippen LogP contribution in [0, 0.1) is 0 Å². The fraction of sp³-hybridized carbons (Fsp3) is 0.529. The fourth-order valence-corrected chi connectivity index (χ4v) is 4.77. The zero-order valence-corrected chi connectivity index (χ0v) is 14.7. The van der Waals surface area contributed by atoms with Gasteiger partial charge >= 0.3 is 0 Å². The molecule has 4 rings (SSSR count). The molecule has 3 heterocycles. The van der Waals surface area contributed by atoms with Crippen molar-refractivity contribution in [1.82, 2.24) is 9.97 Å². The number of fused-ring (bicyclic) bond motifs is 1. The normalized spacial score (nSPS) is 23.8. The van der Waals surface area contributed by atoms with E-state index >= 15 is 0 Å². The molecular weight excluding hydrogens is 324 g/mol. The first kappa shape index (κ1) is 15.6. The van der Waals surface area contributed by atoms with Crippen LogP contribution in [-0.4, -0.2) is 55.6 Å². The third kappa shape index (κ3) is 2.70. The topological polar surface area (TPSA) is 66.4 Å². The number of aromatic nitrogens is 2. The van der Waals surface area contributed by atoms with Crippen molar-refractivity contribution < 1.29 is 8.42 Å². The van der Waals surface area contributed by atoms with Crippen LogP contribution in [0.3, 0.4) is 0 Å². The Labute approximate surface area is 142 Å². The molecule has 0 amide bonds. The van der Waals surface area contributed by atoms with Gasteiger partial charge < -0.3 is 9.80 Å². The highest BCUT2D eigenvalue weighted by molar-refractivity contribution is 7.92. The summed E-state index contributed by atoms with van der Waals surface area (Å²) in [5.74, 6) is 1.91. The Balaban J connectivity index is 1.79. The van der Waals surface area contributed by atoms with Gasteiger partial charge in [0.25, 0.3) is 0 Å². The monoisotopic (exact) mass is 346 g/mol. The predicted octanol–water partition coefficient (Wildman–Crippen LogP) is 1.85. The molecule has 1 aromatic carbocycles. The minimum Gasteiger partial charge on any atom is -0.354 e. The molecule has 2 fully saturated rings. The molecule has 0 aliphatic carbocycles. The van der Waals surface area contributed by atoms with Gasteiger partial charge in [0.15, 0.2) is 21.5 Å². The number of hydrogen-bond donors (Lipinski definition) is 0. The summed E-state index contributed by atoms with van der Waals surface area (Å²) in [6.45, 7) is 4.73. The molecule has 24 heavy (non-hydrogen) atoms. The number of para-hydroxylation sites is 2. The molecule has 7 heteroatoms. The summed E-state index contributed by atoms with van der Waals surface area (Å²) in [7, 11) is -2.98. The Kier molecular flexibility index (Phi) is 3.83. The number of rotatable bonds is 2. The zero-order valence-electron chi connectivity index (χ0n) is 13.9. The summed E-state index contributed by atoms with van der Waals surface area (Å²) in [5.41, 5.74) is 1.75. The van der Waals surface area contributed by atoms with E-state index in [4.69, 9.17) is 9.97 Å². The summed E-state index contributed by atoms with van der Waals surface area (Å²) in [6.07, 6.45) is 2.33. The molecule has 0 N–H and O–H groups in total. The number of nitrogens with zero attached hydrogens (tertiary/aromatic N) is 4. The van der Waals surface area contributed by atoms with Gasteiger partial charge in [-0.1, -0.05) is 12.1 Å². The summed E-state index contributed by atoms with van der Waals surface area (Å²) in [4.78, 5) is 14.1. The van der Waals surface area contributed by atoms with Crippen molar-refractivity contribution in [2.24, 2.45) is 0 Å². The largest absolute Gasteiger partial charge is 0.354 e. The molecule has 0 radical (unpaired) electrons. The van der Waals surface area contributed by atoms with E-state index < -0.39 is 9.84 Å². The smallest absolute Gasteiger partial charge is 0.172 e. The molecule has 6 nitrogen and oxygen atoms in total. The van der Waals surface area contributed by atoms with Crippen LogP contribution in [0.2, 0.25) is 0 Å². The minimum atomic E-state index is -2.98. The second kappa shape index (κ2) is 5.88. The van der Waals surface area contributed by atoms with Crippen LogP contribution < -0.4 is 9.80 Å². The lowest BCUT2D eigenvalue weighted by molar-refractivity contribution is 0.568. The van der Waals surface area contributed by atoms with Crippen molar-refractivity contribution in [3.05, 3.63) is 24.3 Å². The van der Waals surface area contributed by atoms with Gasteiger partial charge in [-0.15, -0.1) is 0 Å². The summed E-state index contributed by atoms with van der Waals surface area (Å²) < 4.78 is 24.1. The van der Waals surface area contributed by atoms with Gasteiger partial charge in [0.05, 0.1) is 22.0 Å². The maximum Gasteiger partial charge on any atom is 0.172 e. The molecule has 1 unspecified atom stereocenters. The number of hydrogen-bond acceptors (Lipinski definition) is 6. The first-order valence-corrected chi connectivity index (χ1v) is 10.2. The SMILES string of the molecule is CC1CN(c2nc3ccccc3nc2N2CCCC2)CCS1(=O)=O. The lowest BCUT2D eigenvalue weighted by Gasteiger charge is -2.34. The summed E-state index contributed by atoms with van der Waals surface area (Å²) in [5, 5.41) is -0.369. The third-order valence-electron chi connectivity index (χ3n) is 4.98. The van der Waals surface area contributed by atoms with Gasteiger partial charge in [-0.3, -0.25) is 0 Å². The van der Waals surface area contributed by atoms with Crippen LogP contribution in [0.4, 0.5) is 11.6 Å². The minimum absolute atomic E-state index is 0.183. The highest BCUT2D eigenvalue weighted by Crippen LogP contribution is 2.32. The van der Waals surface area contributed by atoms with Crippen molar-refractivity contribution in [3.8, 4) is 0 Å². The van der Waals surface area contributed by atoms with Crippen molar-refractivity contribution in [1.29, 1.82) is 0 Å². The van der Waals surface area contributed by atoms with E-state index in [1.165, 1.54) is 12.8 Å². The standard InChI is InChI=1S/C17H22N4O2S/c1-13-12-21(10-11-24(13,22)23)17-16(20-8-4-5-9-20)18-14-6-2-3-7-15(14)19-17/h2-3,6-7,13H,4-5,8-12H2,1H3. The van der Waals surface area contributed by atoms with Crippen molar-refractivity contribution in [3.63, 3.8) is 0 Å². The second-order valence-corrected chi connectivity index (χ2v) is 9.22. The fourth-order valence-electron chi connectivity index (χ4n) is 3.48. The van der Waals surface area contributed by atoms with E-state index in [1.54, 1.807) is 6.92 Å². The van der Waals surface area contributed by atoms with Crippen LogP contribution >= 0.6 is 0 Å². The first-order chi connectivity index (χ1) is 11.5. The average Bonchev–Trinajstić information content (AvgIpc) is 3.11. The summed E-state index contributed by atoms with van der Waals surface area (Å²) >= 11 is 0. The van der Waals surface area contributed by atoms with E-state index in [0.29, 0.717) is 13.1 Å². The maximum absolute atomic E-state index is 12.0. The lowest BCUT2D eigenvalue weighted by Crippen LogP contribution is -2.46. The van der Waals surface area contributed by atoms with Crippen molar-refractivity contribution in [2.45, 2.75) is 25.0 Å². The maximum atomic E-state index is 12.0. The van der Waals surface area contributed by atoms with E-state index in [1.807, 2.05) is 24.3 Å². The van der Waals surface area contributed by atoms with Crippen LogP contribution in [0.1, 0.15) is 19.8 Å². The highest BCUT2D eigenvalue weighted by Gasteiger charge is 2.32. The van der Waals surface area contributed by atoms with Gasteiger partial charge in [-0.05, 0) is 31.9 Å². The number of sulfone groups is 1. The molecule has 0 saturated carbocycles. The number of anilines is 2. The molecule has 2 aliphatic heterocycles. The Morgan fingerprint density at radius 2 is 1.54 bits per heavy atom. The number of benzene rings is 1. The van der Waals surface area contributed by atoms with E-state index in [0.717, 1.165) is 35.8 Å². The van der Waals surface area contributed by atoms with Gasteiger partial charge in [-0.2, -0.15) is 0 Å². The molecule has 1 atom stereocenters. The molecule has 2 aromatic rings. The molecule has 2 aliphatic rings. The van der Waals surface area contributed by atoms with Gasteiger partial charge in [0.1, 0.15) is 0 Å². The quantitative estimate of drug-likeness (QED) is 0.827. The van der Waals surface area contributed by atoms with Crippen LogP contribution in [0.5, 0.6) is 0 Å². The molecule has 0 bridgehead atoms. The third-order valence-corrected chi connectivity index (χ3v) is 7.10. The Bertz CT molecular complexity index is 862. The van der Waals surface area contributed by atoms with Gasteiger partial charge in [0, 0.05) is 26.2 Å². The van der Waals surface area contributed by atoms with Crippen LogP contribution in [0.25, 0.3) is 11.0 Å². The molecular formula is C17H22N4O2S. The van der Waals surface area contributed by atoms with Crippen molar-refractivity contribution >= 4 is 32.5 Å². The zero-order chi connectivity index (χ0) is 16.7. The summed E-state index contributed by atoms with van der Waals surface area (Å²) in [6, 6.07) is 7.87. The van der Waals surface area contributed by atoms with E-state index in [-0.39, 0.29) is 11.0 Å².